The lowest BCUT2D eigenvalue weighted by Crippen LogP contribution is -2.62. The van der Waals surface area contributed by atoms with Crippen molar-refractivity contribution in [2.75, 3.05) is 13.2 Å². The van der Waals surface area contributed by atoms with E-state index in [9.17, 15) is 107 Å². The number of benzene rings is 3. The molecule has 3 aromatic carbocycles. The first-order chi connectivity index (χ1) is 57.2. The zero-order valence-electron chi connectivity index (χ0n) is 67.7. The third-order valence-corrected chi connectivity index (χ3v) is 19.5. The van der Waals surface area contributed by atoms with Crippen LogP contribution in [0.5, 0.6) is 5.75 Å². The third-order valence-electron chi connectivity index (χ3n) is 19.5. The molecule has 15 amide bonds. The van der Waals surface area contributed by atoms with Crippen molar-refractivity contribution in [2.45, 2.75) is 235 Å². The Morgan fingerprint density at radius 1 is 0.512 bits per heavy atom. The van der Waals surface area contributed by atoms with Gasteiger partial charge in [-0.3, -0.25) is 76.7 Å². The maximum atomic E-state index is 15.1. The fraction of sp³-hybridized carbons (Fsp3) is 0.519. The maximum absolute atomic E-state index is 15.1. The Morgan fingerprint density at radius 3 is 1.40 bits per heavy atom. The third kappa shape index (κ3) is 33.6. The molecule has 0 saturated heterocycles. The number of nitrogens with two attached hydrogens (primary N) is 3. The van der Waals surface area contributed by atoms with Gasteiger partial charge in [0.15, 0.2) is 11.6 Å². The van der Waals surface area contributed by atoms with E-state index in [1.165, 1.54) is 68.0 Å². The zero-order valence-corrected chi connectivity index (χ0v) is 67.7. The van der Waals surface area contributed by atoms with Crippen LogP contribution in [-0.2, 0) is 102 Å². The number of carbonyl (C=O) groups excluding carboxylic acids is 15. The molecule has 25 N–H and O–H groups in total. The summed E-state index contributed by atoms with van der Waals surface area (Å²) < 4.78 is 29.1. The number of carboxylic acids is 1. The fourth-order valence-electron chi connectivity index (χ4n) is 12.6. The van der Waals surface area contributed by atoms with Crippen molar-refractivity contribution >= 4 is 94.6 Å². The monoisotopic (exact) mass is 1700 g/mol. The Labute approximate surface area is 695 Å². The molecule has 40 nitrogen and oxygen atoms in total. The van der Waals surface area contributed by atoms with Crippen LogP contribution in [0.4, 0.5) is 8.78 Å². The smallest absolute Gasteiger partial charge is 0.303 e. The summed E-state index contributed by atoms with van der Waals surface area (Å²) in [5.74, 6) is -20.9. The number of unbranched alkanes of at least 4 members (excludes halogenated alkanes) is 1. The SMILES string of the molecule is CC(=O)N[C@@H](CC(C)C)C(=O)N[C@H](C(=O)N[C@@H](Cc1ccc(F)c(F)c1)C(=O)N[C@@H](CCC(=O)O)C(=O)N[C@@H](Cc1c[nH]cn1)C(=O)N[C@@H](Cc1ccc(O)cc1)C(=O)N[C@@H](Cc1ccc(C#N)cc1)C(=O)N[C@@H](C)C(=O)N[C@@H](CCC(N)=O)C(=O)N[C@@H](CC1CCC1)C(=O)N[C@H](C(=O)N[C@@H](CO)C(=O)N[C@@H](CCCCN)C(N)=O)[C@@H](C)O)[C@@H](C)O. The number of aromatic nitrogens is 2. The highest BCUT2D eigenvalue weighted by Crippen LogP contribution is 2.31. The van der Waals surface area contributed by atoms with Gasteiger partial charge in [0.1, 0.15) is 84.3 Å². The van der Waals surface area contributed by atoms with Gasteiger partial charge in [0.2, 0.25) is 88.6 Å². The molecule has 1 saturated carbocycles. The van der Waals surface area contributed by atoms with Crippen LogP contribution in [0.3, 0.4) is 0 Å². The van der Waals surface area contributed by atoms with Crippen LogP contribution < -0.4 is 86.3 Å². The molecular formula is C79H109F2N19O21. The summed E-state index contributed by atoms with van der Waals surface area (Å²) in [7, 11) is 0. The average molecular weight is 1700 g/mol. The molecule has 15 atom stereocenters. The number of aliphatic carboxylic acids is 1. The molecule has 4 aromatic rings. The first kappa shape index (κ1) is 99.0. The highest BCUT2D eigenvalue weighted by Gasteiger charge is 2.40. The Balaban J connectivity index is 1.45. The molecule has 0 spiro atoms. The van der Waals surface area contributed by atoms with Gasteiger partial charge in [-0.25, -0.2) is 13.8 Å². The summed E-state index contributed by atoms with van der Waals surface area (Å²) >= 11 is 0. The Morgan fingerprint density at radius 2 is 0.950 bits per heavy atom. The van der Waals surface area contributed by atoms with Crippen LogP contribution in [0.25, 0.3) is 0 Å². The topological polar surface area (TPSA) is 661 Å². The van der Waals surface area contributed by atoms with Crippen molar-refractivity contribution in [2.24, 2.45) is 29.0 Å². The fourth-order valence-corrected chi connectivity index (χ4v) is 12.6. The van der Waals surface area contributed by atoms with E-state index in [4.69, 9.17) is 17.2 Å². The van der Waals surface area contributed by atoms with Gasteiger partial charge < -0.3 is 117 Å². The van der Waals surface area contributed by atoms with E-state index < -0.39 is 255 Å². The molecule has 1 fully saturated rings. The number of nitrogens with zero attached hydrogens (tertiary/aromatic N) is 2. The molecule has 1 heterocycles. The lowest BCUT2D eigenvalue weighted by molar-refractivity contribution is -0.139. The summed E-state index contributed by atoms with van der Waals surface area (Å²) in [5, 5.41) is 93.2. The quantitative estimate of drug-likeness (QED) is 0.0186. The number of aromatic amines is 1. The van der Waals surface area contributed by atoms with E-state index in [0.717, 1.165) is 33.3 Å². The first-order valence-electron chi connectivity index (χ1n) is 39.3. The molecule has 1 aliphatic rings. The molecule has 0 radical (unpaired) electrons. The lowest BCUT2D eigenvalue weighted by Gasteiger charge is -2.32. The number of carbonyl (C=O) groups is 16. The number of aliphatic hydroxyl groups excluding tert-OH is 3. The highest BCUT2D eigenvalue weighted by molar-refractivity contribution is 6.01. The minimum Gasteiger partial charge on any atom is -0.508 e. The van der Waals surface area contributed by atoms with Gasteiger partial charge in [0.05, 0.1) is 42.5 Å². The molecule has 0 aliphatic heterocycles. The summed E-state index contributed by atoms with van der Waals surface area (Å²) in [6, 6.07) is -6.74. The number of phenolic OH excluding ortho intramolecular Hbond substituents is 1. The summed E-state index contributed by atoms with van der Waals surface area (Å²) in [6.45, 7) is 7.27. The second kappa shape index (κ2) is 49.1. The second-order valence-corrected chi connectivity index (χ2v) is 30.1. The van der Waals surface area contributed by atoms with Gasteiger partial charge in [-0.15, -0.1) is 0 Å². The van der Waals surface area contributed by atoms with Gasteiger partial charge in [-0.05, 0) is 137 Å². The van der Waals surface area contributed by atoms with Gasteiger partial charge >= 0.3 is 5.97 Å². The van der Waals surface area contributed by atoms with E-state index in [1.54, 1.807) is 13.8 Å². The van der Waals surface area contributed by atoms with Crippen LogP contribution in [0, 0.1) is 34.8 Å². The summed E-state index contributed by atoms with van der Waals surface area (Å²) in [6.07, 6.45) is -2.77. The van der Waals surface area contributed by atoms with Crippen LogP contribution in [0.1, 0.15) is 147 Å². The molecule has 0 bridgehead atoms. The van der Waals surface area contributed by atoms with E-state index in [1.807, 2.05) is 6.07 Å². The number of phenols is 1. The first-order valence-corrected chi connectivity index (χ1v) is 39.3. The van der Waals surface area contributed by atoms with Gasteiger partial charge in [-0.1, -0.05) is 63.4 Å². The predicted octanol–water partition coefficient (Wildman–Crippen LogP) is -4.39. The zero-order chi connectivity index (χ0) is 89.9. The molecule has 0 unspecified atom stereocenters. The molecule has 121 heavy (non-hydrogen) atoms. The van der Waals surface area contributed by atoms with Crippen molar-refractivity contribution < 1.29 is 111 Å². The van der Waals surface area contributed by atoms with Gasteiger partial charge in [0.25, 0.3) is 0 Å². The maximum Gasteiger partial charge on any atom is 0.303 e. The Kier molecular flexibility index (Phi) is 40.1. The predicted molar refractivity (Wildman–Crippen MR) is 425 cm³/mol. The number of hydrogen-bond donors (Lipinski definition) is 22. The van der Waals surface area contributed by atoms with E-state index in [-0.39, 0.29) is 65.8 Å². The van der Waals surface area contributed by atoms with Crippen molar-refractivity contribution in [3.63, 3.8) is 0 Å². The number of carboxylic acid groups (broad SMARTS) is 1. The Hall–Kier alpha value is -12.6. The van der Waals surface area contributed by atoms with Gasteiger partial charge in [-0.2, -0.15) is 5.26 Å². The van der Waals surface area contributed by atoms with E-state index in [2.05, 4.69) is 79.1 Å². The van der Waals surface area contributed by atoms with Crippen molar-refractivity contribution in [1.82, 2.24) is 79.1 Å². The number of nitriles is 1. The average Bonchev–Trinajstić information content (AvgIpc) is 1.31. The van der Waals surface area contributed by atoms with Crippen molar-refractivity contribution in [1.29, 1.82) is 5.26 Å². The lowest BCUT2D eigenvalue weighted by atomic mass is 9.80. The molecule has 1 aromatic heterocycles. The van der Waals surface area contributed by atoms with Gasteiger partial charge in [0, 0.05) is 51.6 Å². The van der Waals surface area contributed by atoms with Crippen LogP contribution in [0.15, 0.2) is 79.3 Å². The van der Waals surface area contributed by atoms with Crippen LogP contribution >= 0.6 is 0 Å². The van der Waals surface area contributed by atoms with E-state index >= 15 is 9.59 Å². The molecule has 42 heteroatoms. The largest absolute Gasteiger partial charge is 0.508 e. The van der Waals surface area contributed by atoms with Crippen LogP contribution in [-0.4, -0.2) is 234 Å². The van der Waals surface area contributed by atoms with E-state index in [0.29, 0.717) is 43.4 Å². The summed E-state index contributed by atoms with van der Waals surface area (Å²) in [4.78, 5) is 228. The summed E-state index contributed by atoms with van der Waals surface area (Å²) in [5.41, 5.74) is 17.2. The molecule has 660 valence electrons. The number of nitrogens with one attached hydrogen (secondary N) is 14. The number of primary amides is 2. The van der Waals surface area contributed by atoms with Crippen LogP contribution in [0.2, 0.25) is 0 Å². The Bertz CT molecular complexity index is 4300. The van der Waals surface area contributed by atoms with Crippen molar-refractivity contribution in [3.8, 4) is 11.8 Å². The minimum absolute atomic E-state index is 0.0639. The van der Waals surface area contributed by atoms with Crippen molar-refractivity contribution in [3.05, 3.63) is 119 Å². The number of hydrogen-bond acceptors (Lipinski definition) is 23. The number of rotatable bonds is 51. The molecule has 5 rings (SSSR count). The number of H-pyrrole nitrogens is 1. The molecular weight excluding hydrogens is 1590 g/mol. The normalized spacial score (nSPS) is 15.5. The number of halogens is 2. The second-order valence-electron chi connectivity index (χ2n) is 30.1. The number of aliphatic hydroxyl groups is 3. The molecule has 1 aliphatic carbocycles. The number of amides is 15. The minimum atomic E-state index is -1.96. The number of aromatic hydroxyl groups is 1. The standard InChI is InChI=1S/C79H109F2N19O21/c1-39(2)28-56(89-43(6)104)75(117)99-65(41(4)102)78(120)97-60(33-48-19-22-51(80)52(81)29-48)72(114)92-55(24-26-64(107)108)70(112)96-61(34-49-36-86-38-87-49)74(116)95-58(32-46-17-20-50(105)21-18-46)73(115)94-57(31-45-13-15-47(35-83)16-14-45)71(113)88-40(3)68(110)91-54(23-25-63(84)106)69(111)93-59(30-44-10-9-11-44)76(118)100-66(42(5)103)79(121)98-62(37-101)77(119)90-53(67(85)109)12-7-8-27-82/h13-22,29,36,38-42,44,53-62,65-66,101-103,105H,7-12,23-28,30-34,37,82H2,1-6H3,(H2,84,106)(H2,85,109)(H,86,87)(H,88,113)(H,89,104)(H,90,119)(H,91,110)(H,92,114)(H,93,111)(H,94,115)(H,95,116)(H,96,112)(H,97,120)(H,98,121)(H,99,117)(H,100,118)(H,107,108)/t40-,41+,42+,53-,54-,55-,56-,57-,58-,59-,60-,61-,62-,65-,66-/m0/s1. The number of imidazole rings is 1. The highest BCUT2D eigenvalue weighted by atomic mass is 19.2.